The number of nitro benzene ring substituents is 1. The van der Waals surface area contributed by atoms with Crippen LogP contribution in [0.3, 0.4) is 0 Å². The Labute approximate surface area is 160 Å². The van der Waals surface area contributed by atoms with E-state index in [1.807, 2.05) is 0 Å². The van der Waals surface area contributed by atoms with E-state index in [1.165, 1.54) is 13.0 Å². The van der Waals surface area contributed by atoms with Gasteiger partial charge in [0.25, 0.3) is 5.69 Å². The fourth-order valence-electron chi connectivity index (χ4n) is 2.59. The second-order valence-corrected chi connectivity index (χ2v) is 6.85. The summed E-state index contributed by atoms with van der Waals surface area (Å²) in [5.74, 6) is -0.391. The molecule has 9 heteroatoms. The van der Waals surface area contributed by atoms with E-state index >= 15 is 0 Å². The van der Waals surface area contributed by atoms with Crippen LogP contribution in [0.5, 0.6) is 0 Å². The number of Topliss-reactive ketones (excluding diaryl/α,β-unsaturated/α-hetero) is 1. The van der Waals surface area contributed by atoms with Crippen LogP contribution in [0.15, 0.2) is 45.7 Å². The number of pyridine rings is 1. The number of aromatic nitrogens is 1. The first kappa shape index (κ1) is 18.1. The number of nitro groups is 1. The first-order valence-electron chi connectivity index (χ1n) is 7.35. The van der Waals surface area contributed by atoms with Gasteiger partial charge in [-0.05, 0) is 37.3 Å². The average Bonchev–Trinajstić information content (AvgIpc) is 2.56. The van der Waals surface area contributed by atoms with E-state index in [4.69, 9.17) is 11.6 Å². The number of nitrogens with zero attached hydrogens (tertiary/aromatic N) is 1. The topological polar surface area (TPSA) is 105 Å². The molecule has 1 heterocycles. The van der Waals surface area contributed by atoms with Crippen molar-refractivity contribution in [2.45, 2.75) is 6.92 Å². The Hall–Kier alpha value is -2.71. The van der Waals surface area contributed by atoms with Gasteiger partial charge < -0.3 is 10.3 Å². The van der Waals surface area contributed by atoms with Gasteiger partial charge in [-0.15, -0.1) is 0 Å². The van der Waals surface area contributed by atoms with Gasteiger partial charge >= 0.3 is 0 Å². The summed E-state index contributed by atoms with van der Waals surface area (Å²) in [6.45, 7) is 1.25. The van der Waals surface area contributed by atoms with E-state index in [-0.39, 0.29) is 33.0 Å². The lowest BCUT2D eigenvalue weighted by atomic mass is 10.1. The molecular formula is C17H11BrClN3O4. The van der Waals surface area contributed by atoms with Crippen LogP contribution < -0.4 is 10.7 Å². The summed E-state index contributed by atoms with van der Waals surface area (Å²) in [5, 5.41) is 14.3. The predicted octanol–water partition coefficient (Wildman–Crippen LogP) is 4.80. The van der Waals surface area contributed by atoms with E-state index in [0.29, 0.717) is 5.69 Å². The van der Waals surface area contributed by atoms with E-state index in [9.17, 15) is 19.7 Å². The van der Waals surface area contributed by atoms with Gasteiger partial charge in [-0.1, -0.05) is 27.5 Å². The van der Waals surface area contributed by atoms with Crippen molar-refractivity contribution in [2.75, 3.05) is 5.32 Å². The fourth-order valence-corrected chi connectivity index (χ4v) is 3.07. The first-order chi connectivity index (χ1) is 12.3. The molecule has 0 aliphatic heterocycles. The number of anilines is 2. The van der Waals surface area contributed by atoms with Crippen molar-refractivity contribution in [3.05, 3.63) is 71.8 Å². The Bertz CT molecular complexity index is 1110. The van der Waals surface area contributed by atoms with Gasteiger partial charge in [-0.3, -0.25) is 19.7 Å². The molecule has 0 spiro atoms. The third-order valence-electron chi connectivity index (χ3n) is 3.72. The Morgan fingerprint density at radius 2 is 1.92 bits per heavy atom. The number of ketones is 1. The molecule has 7 nitrogen and oxygen atoms in total. The van der Waals surface area contributed by atoms with Gasteiger partial charge in [0.1, 0.15) is 16.9 Å². The van der Waals surface area contributed by atoms with E-state index in [0.717, 1.165) is 10.5 Å². The lowest BCUT2D eigenvalue weighted by Gasteiger charge is -2.12. The predicted molar refractivity (Wildman–Crippen MR) is 104 cm³/mol. The number of aromatic amines is 1. The van der Waals surface area contributed by atoms with Crippen LogP contribution in [0.1, 0.15) is 17.3 Å². The van der Waals surface area contributed by atoms with Crippen molar-refractivity contribution < 1.29 is 9.72 Å². The third-order valence-corrected chi connectivity index (χ3v) is 4.46. The number of nitrogens with one attached hydrogen (secondary N) is 2. The van der Waals surface area contributed by atoms with Gasteiger partial charge in [-0.25, -0.2) is 0 Å². The summed E-state index contributed by atoms with van der Waals surface area (Å²) in [6, 6.07) is 9.46. The molecule has 0 bridgehead atoms. The van der Waals surface area contributed by atoms with Gasteiger partial charge in [0.15, 0.2) is 5.78 Å². The molecule has 0 fully saturated rings. The maximum Gasteiger partial charge on any atom is 0.294 e. The highest BCUT2D eigenvalue weighted by atomic mass is 79.9. The monoisotopic (exact) mass is 435 g/mol. The highest BCUT2D eigenvalue weighted by molar-refractivity contribution is 9.10. The number of fused-ring (bicyclic) bond motifs is 1. The molecule has 0 aliphatic rings. The fraction of sp³-hybridized carbons (Fsp3) is 0.0588. The molecule has 0 radical (unpaired) electrons. The number of benzene rings is 2. The van der Waals surface area contributed by atoms with Gasteiger partial charge in [0, 0.05) is 21.2 Å². The minimum Gasteiger partial charge on any atom is -0.341 e. The van der Waals surface area contributed by atoms with Crippen LogP contribution in [0.2, 0.25) is 5.02 Å². The van der Waals surface area contributed by atoms with Crippen LogP contribution in [0.4, 0.5) is 17.2 Å². The second kappa shape index (κ2) is 6.89. The SMILES string of the molecule is CC(=O)c1c(Nc2ccc(Br)cc2)[nH]c2c([N+](=O)[O-])cc(Cl)cc2c1=O. The zero-order valence-electron chi connectivity index (χ0n) is 13.3. The molecular weight excluding hydrogens is 426 g/mol. The smallest absolute Gasteiger partial charge is 0.294 e. The molecule has 1 aromatic heterocycles. The van der Waals surface area contributed by atoms with Crippen molar-refractivity contribution in [1.82, 2.24) is 4.98 Å². The first-order valence-corrected chi connectivity index (χ1v) is 8.52. The van der Waals surface area contributed by atoms with Gasteiger partial charge in [-0.2, -0.15) is 0 Å². The highest BCUT2D eigenvalue weighted by Gasteiger charge is 2.22. The Morgan fingerprint density at radius 1 is 1.27 bits per heavy atom. The van der Waals surface area contributed by atoms with Crippen LogP contribution in [-0.2, 0) is 0 Å². The van der Waals surface area contributed by atoms with Crippen LogP contribution in [-0.4, -0.2) is 15.7 Å². The van der Waals surface area contributed by atoms with Crippen molar-refractivity contribution in [2.24, 2.45) is 0 Å². The average molecular weight is 437 g/mol. The van der Waals surface area contributed by atoms with E-state index in [1.54, 1.807) is 24.3 Å². The van der Waals surface area contributed by atoms with E-state index < -0.39 is 16.1 Å². The van der Waals surface area contributed by atoms with E-state index in [2.05, 4.69) is 26.2 Å². The molecule has 0 aliphatic carbocycles. The second-order valence-electron chi connectivity index (χ2n) is 5.50. The zero-order chi connectivity index (χ0) is 19.0. The Kier molecular flexibility index (Phi) is 4.80. The van der Waals surface area contributed by atoms with Crippen LogP contribution in [0.25, 0.3) is 10.9 Å². The van der Waals surface area contributed by atoms with Crippen LogP contribution >= 0.6 is 27.5 Å². The molecule has 0 saturated carbocycles. The number of H-pyrrole nitrogens is 1. The molecule has 2 N–H and O–H groups in total. The van der Waals surface area contributed by atoms with Crippen molar-refractivity contribution in [3.63, 3.8) is 0 Å². The minimum absolute atomic E-state index is 0.00554. The molecule has 26 heavy (non-hydrogen) atoms. The normalized spacial score (nSPS) is 10.7. The molecule has 3 aromatic rings. The summed E-state index contributed by atoms with van der Waals surface area (Å²) in [6.07, 6.45) is 0. The number of non-ortho nitro benzene ring substituents is 1. The van der Waals surface area contributed by atoms with Crippen molar-refractivity contribution in [1.29, 1.82) is 0 Å². The molecule has 0 atom stereocenters. The maximum absolute atomic E-state index is 12.8. The summed E-state index contributed by atoms with van der Waals surface area (Å²) in [4.78, 5) is 38.3. The molecule has 0 unspecified atom stereocenters. The molecule has 0 saturated heterocycles. The summed E-state index contributed by atoms with van der Waals surface area (Å²) in [7, 11) is 0. The van der Waals surface area contributed by atoms with Gasteiger partial charge in [0.2, 0.25) is 5.43 Å². The lowest BCUT2D eigenvalue weighted by molar-refractivity contribution is -0.383. The summed E-state index contributed by atoms with van der Waals surface area (Å²) < 4.78 is 0.854. The molecule has 132 valence electrons. The van der Waals surface area contributed by atoms with Crippen molar-refractivity contribution >= 4 is 61.4 Å². The number of halogens is 2. The number of hydrogen-bond acceptors (Lipinski definition) is 5. The number of carbonyl (C=O) groups excluding carboxylic acids is 1. The Balaban J connectivity index is 2.32. The zero-order valence-corrected chi connectivity index (χ0v) is 15.6. The number of rotatable bonds is 4. The minimum atomic E-state index is -0.638. The third kappa shape index (κ3) is 3.33. The molecule has 3 rings (SSSR count). The standard InChI is InChI=1S/C17H11BrClN3O4/c1-8(23)14-16(24)12-6-10(19)7-13(22(25)26)15(12)21-17(14)20-11-4-2-9(18)3-5-11/h2-7H,1H3,(H2,20,21,24). The van der Waals surface area contributed by atoms with Gasteiger partial charge in [0.05, 0.1) is 10.3 Å². The summed E-state index contributed by atoms with van der Waals surface area (Å²) >= 11 is 9.21. The largest absolute Gasteiger partial charge is 0.341 e. The molecule has 2 aromatic carbocycles. The maximum atomic E-state index is 12.8. The van der Waals surface area contributed by atoms with Crippen LogP contribution in [0, 0.1) is 10.1 Å². The van der Waals surface area contributed by atoms with Crippen molar-refractivity contribution in [3.8, 4) is 0 Å². The lowest BCUT2D eigenvalue weighted by Crippen LogP contribution is -2.18. The number of hydrogen-bond donors (Lipinski definition) is 2. The summed E-state index contributed by atoms with van der Waals surface area (Å²) in [5.41, 5.74) is -0.511. The Morgan fingerprint density at radius 3 is 2.50 bits per heavy atom. The quantitative estimate of drug-likeness (QED) is 0.347. The number of carbonyl (C=O) groups is 1. The highest BCUT2D eigenvalue weighted by Crippen LogP contribution is 2.30. The molecule has 0 amide bonds.